The molecule has 13 nitrogen and oxygen atoms in total. The van der Waals surface area contributed by atoms with Crippen LogP contribution in [0.2, 0.25) is 10.0 Å². The monoisotopic (exact) mass is 1700 g/mol. The zero-order valence-electron chi connectivity index (χ0n) is 64.5. The maximum absolute atomic E-state index is 14.3. The number of hydrogen-bond acceptors (Lipinski definition) is 10. The Bertz CT molecular complexity index is 4120. The van der Waals surface area contributed by atoms with Gasteiger partial charge in [0.1, 0.15) is 11.6 Å². The van der Waals surface area contributed by atoms with Gasteiger partial charge in [-0.3, -0.25) is 19.6 Å². The number of ketones is 1. The summed E-state index contributed by atoms with van der Waals surface area (Å²) in [6.45, 7) is 36.6. The molecule has 0 spiro atoms. The zero-order chi connectivity index (χ0) is 77.5. The first kappa shape index (κ1) is 85.9. The van der Waals surface area contributed by atoms with Gasteiger partial charge in [-0.1, -0.05) is 146 Å². The molecule has 1 amide bonds. The fraction of sp³-hybridized carbons (Fsp3) is 0.481. The molecule has 1 saturated heterocycles. The van der Waals surface area contributed by atoms with Crippen molar-refractivity contribution < 1.29 is 43.6 Å². The molecule has 4 aromatic carbocycles. The number of rotatable bonds is 15. The minimum absolute atomic E-state index is 0.0261. The molecule has 0 unspecified atom stereocenters. The number of Topliss-reactive ketones (excluding diaryl/α,β-unsaturated/α-hetero) is 1. The van der Waals surface area contributed by atoms with E-state index in [4.69, 9.17) is 51.6 Å². The van der Waals surface area contributed by atoms with Gasteiger partial charge in [-0.15, -0.1) is 0 Å². The van der Waals surface area contributed by atoms with Gasteiger partial charge in [-0.25, -0.2) is 18.1 Å². The molecule has 24 heteroatoms. The molecule has 4 saturated carbocycles. The van der Waals surface area contributed by atoms with Gasteiger partial charge >= 0.3 is 42.1 Å². The molecule has 5 aliphatic rings. The van der Waals surface area contributed by atoms with E-state index in [1.54, 1.807) is 23.1 Å². The van der Waals surface area contributed by atoms with Crippen LogP contribution < -0.4 is 31.2 Å². The Kier molecular flexibility index (Phi) is 29.5. The van der Waals surface area contributed by atoms with Gasteiger partial charge in [0, 0.05) is 104 Å². The number of carbonyl (C=O) groups excluding carboxylic acids is 2. The Morgan fingerprint density at radius 3 is 1.42 bits per heavy atom. The van der Waals surface area contributed by atoms with Crippen molar-refractivity contribution in [2.75, 3.05) is 38.0 Å². The van der Waals surface area contributed by atoms with E-state index in [0.717, 1.165) is 54.2 Å². The number of amides is 1. The average Bonchev–Trinajstić information content (AvgIpc) is 1.76. The van der Waals surface area contributed by atoms with Crippen LogP contribution in [0.5, 0.6) is 0 Å². The van der Waals surface area contributed by atoms with Crippen molar-refractivity contribution in [3.05, 3.63) is 183 Å². The summed E-state index contributed by atoms with van der Waals surface area (Å²) in [5.74, 6) is -0.0110. The van der Waals surface area contributed by atoms with E-state index in [9.17, 15) is 18.4 Å². The molecule has 0 bridgehead atoms. The van der Waals surface area contributed by atoms with Crippen LogP contribution in [-0.2, 0) is 25.2 Å². The number of nitrogens with zero attached hydrogens (tertiary/aromatic N) is 8. The molecule has 4 aliphatic carbocycles. The van der Waals surface area contributed by atoms with Crippen LogP contribution in [0.15, 0.2) is 139 Å². The topological polar surface area (TPSA) is 133 Å². The maximum atomic E-state index is 14.3. The third-order valence-electron chi connectivity index (χ3n) is 18.8. The van der Waals surface area contributed by atoms with Crippen molar-refractivity contribution in [1.82, 2.24) is 34.8 Å². The van der Waals surface area contributed by atoms with Crippen LogP contribution in [-0.4, -0.2) is 114 Å². The first-order valence-electron chi connectivity index (χ1n) is 35.8. The number of pyridine rings is 2. The van der Waals surface area contributed by atoms with Crippen molar-refractivity contribution in [2.24, 2.45) is 5.92 Å². The summed E-state index contributed by atoms with van der Waals surface area (Å²) in [7, 11) is 17.2. The number of hydrogen-bond donors (Lipinski definition) is 1. The molecule has 13 rings (SSSR count). The molecule has 1 N–H and O–H groups in total. The van der Waals surface area contributed by atoms with Crippen molar-refractivity contribution in [2.45, 2.75) is 218 Å². The molecular formula is C81H105BBrCl4F2N9O4P2Pd. The predicted molar refractivity (Wildman–Crippen MR) is 439 cm³/mol. The predicted octanol–water partition coefficient (Wildman–Crippen LogP) is 21.5. The molecule has 0 radical (unpaired) electrons. The van der Waals surface area contributed by atoms with E-state index >= 15 is 0 Å². The first-order valence-corrected chi connectivity index (χ1v) is 44.0. The number of carbonyl (C=O) groups is 2. The summed E-state index contributed by atoms with van der Waals surface area (Å²) in [6, 6.07) is 28.0. The molecule has 4 aromatic heterocycles. The molecule has 5 fully saturated rings. The standard InChI is InChI=1S/C22H19ClFN3O.C17H22BN3O2.2C16H28NP.C10H8BrClFNO.2ClH.Pd/c23-20-8-21(24)19(22(28)5-13-1-2-13)7-18(20)16-10-26-27(12-16)17-6-15(9-25-11-17)14-3-4-14;1-16(2)17(3,4)23-18(22-16)14-9-20-21(11-14)15-7-13(8-19-10-15)12-5-6-12;2*1-15(2,3)18(16(4,5)6)14-11-9-13(10-12-14)17(7)8;11-7-3-6(9(13)4-8(7)12)10(15)14-5-1-2-5;;;/h6-14H,1-5H2;7-12H,5-6H2,1-4H3;2*9-12H,1-8H3;3-5H,1-2H2,(H,14,15);2*1H;/q;;;;;;;+2/p-2. The summed E-state index contributed by atoms with van der Waals surface area (Å²) in [5.41, 5.74) is 8.67. The first-order chi connectivity index (χ1) is 49.0. The van der Waals surface area contributed by atoms with Crippen LogP contribution in [0, 0.1) is 17.6 Å². The van der Waals surface area contributed by atoms with Crippen molar-refractivity contribution in [3.8, 4) is 22.5 Å². The third kappa shape index (κ3) is 24.4. The van der Waals surface area contributed by atoms with Crippen LogP contribution >= 0.6 is 74.0 Å². The zero-order valence-corrected chi connectivity index (χ0v) is 72.5. The number of nitrogens with one attached hydrogen (secondary N) is 1. The summed E-state index contributed by atoms with van der Waals surface area (Å²) < 4.78 is 44.0. The van der Waals surface area contributed by atoms with E-state index < -0.39 is 11.6 Å². The fourth-order valence-corrected chi connectivity index (χ4v) is 21.6. The van der Waals surface area contributed by atoms with Crippen LogP contribution in [0.1, 0.15) is 212 Å². The van der Waals surface area contributed by atoms with Gasteiger partial charge in [-0.2, -0.15) is 10.2 Å². The van der Waals surface area contributed by atoms with Crippen LogP contribution in [0.4, 0.5) is 20.2 Å². The fourth-order valence-electron chi connectivity index (χ4n) is 12.8. The Hall–Kier alpha value is -4.65. The van der Waals surface area contributed by atoms with Crippen LogP contribution in [0.25, 0.3) is 22.5 Å². The van der Waals surface area contributed by atoms with Gasteiger partial charge in [0.25, 0.3) is 5.91 Å². The van der Waals surface area contributed by atoms with E-state index in [2.05, 4.69) is 251 Å². The number of anilines is 2. The molecule has 8 aromatic rings. The van der Waals surface area contributed by atoms with Gasteiger partial charge < -0.3 is 24.4 Å². The third-order valence-corrected chi connectivity index (χ3v) is 27.3. The van der Waals surface area contributed by atoms with E-state index in [1.807, 2.05) is 41.9 Å². The Balaban J connectivity index is 0.000000167. The van der Waals surface area contributed by atoms with Crippen LogP contribution in [0.3, 0.4) is 0 Å². The van der Waals surface area contributed by atoms with Crippen molar-refractivity contribution >= 4 is 120 Å². The van der Waals surface area contributed by atoms with Gasteiger partial charge in [-0.05, 0) is 216 Å². The molecule has 0 atom stereocenters. The quantitative estimate of drug-likeness (QED) is 0.0458. The van der Waals surface area contributed by atoms with Crippen molar-refractivity contribution in [3.63, 3.8) is 0 Å². The number of halogens is 7. The Labute approximate surface area is 661 Å². The van der Waals surface area contributed by atoms with E-state index in [1.165, 1.54) is 70.9 Å². The number of benzene rings is 4. The van der Waals surface area contributed by atoms with E-state index in [-0.39, 0.29) is 89.0 Å². The molecular weight excluding hydrogens is 1600 g/mol. The summed E-state index contributed by atoms with van der Waals surface area (Å²) >= 11 is 15.0. The van der Waals surface area contributed by atoms with Gasteiger partial charge in [0.05, 0.1) is 62.3 Å². The molecule has 5 heterocycles. The van der Waals surface area contributed by atoms with E-state index in [0.29, 0.717) is 54.8 Å². The average molecular weight is 1710 g/mol. The summed E-state index contributed by atoms with van der Waals surface area (Å²) in [5, 5.41) is 16.5. The second-order valence-electron chi connectivity index (χ2n) is 33.1. The van der Waals surface area contributed by atoms with Crippen molar-refractivity contribution in [1.29, 1.82) is 0 Å². The minimum atomic E-state index is -0.596. The number of aromatic nitrogens is 6. The molecule has 105 heavy (non-hydrogen) atoms. The molecule has 1 aliphatic heterocycles. The summed E-state index contributed by atoms with van der Waals surface area (Å²) in [6.07, 6.45) is 24.2. The summed E-state index contributed by atoms with van der Waals surface area (Å²) in [4.78, 5) is 37.0. The van der Waals surface area contributed by atoms with Gasteiger partial charge in [0.2, 0.25) is 0 Å². The second-order valence-corrected chi connectivity index (χ2v) is 44.8. The molecule has 570 valence electrons. The Morgan fingerprint density at radius 1 is 0.590 bits per heavy atom. The van der Waals surface area contributed by atoms with Gasteiger partial charge in [0.15, 0.2) is 5.78 Å². The second kappa shape index (κ2) is 36.0. The normalized spacial score (nSPS) is 16.1. The Morgan fingerprint density at radius 2 is 1.01 bits per heavy atom. The SMILES string of the molecule is CC1(C)OB(c2cnn(-c3cncc(C4CC4)c3)c2)OC1(C)C.CN(C)c1ccc(P(C(C)(C)C)C(C)(C)C)cc1.CN(C)c1ccc(P(C(C)(C)C)C(C)(C)C)cc1.O=C(CC1CC1)c1cc(-c2cnn(-c3cncc(C4CC4)c3)c2)c(Cl)cc1F.O=C(NC1CC1)c1cc(Br)c(Cl)cc1F.[Cl][Pd][Cl].